The third-order valence-corrected chi connectivity index (χ3v) is 2.84. The molecule has 3 heteroatoms. The van der Waals surface area contributed by atoms with E-state index < -0.39 is 0 Å². The standard InChI is InChI=1S/C11H17N3/c1-9-7-11(3-5-13-9)14-6-4-10(8-14)12-2/h3,5,7,10,12H,4,6,8H2,1-2H3. The summed E-state index contributed by atoms with van der Waals surface area (Å²) < 4.78 is 0. The molecule has 1 fully saturated rings. The number of hydrogen-bond acceptors (Lipinski definition) is 3. The smallest absolute Gasteiger partial charge is 0.0400 e. The molecule has 0 aromatic carbocycles. The van der Waals surface area contributed by atoms with Crippen LogP contribution in [0.2, 0.25) is 0 Å². The number of aryl methyl sites for hydroxylation is 1. The van der Waals surface area contributed by atoms with Crippen LogP contribution in [0.25, 0.3) is 0 Å². The van der Waals surface area contributed by atoms with Gasteiger partial charge < -0.3 is 10.2 Å². The zero-order valence-electron chi connectivity index (χ0n) is 8.83. The third-order valence-electron chi connectivity index (χ3n) is 2.84. The van der Waals surface area contributed by atoms with Crippen molar-refractivity contribution in [1.29, 1.82) is 0 Å². The molecule has 3 nitrogen and oxygen atoms in total. The maximum atomic E-state index is 4.21. The fraction of sp³-hybridized carbons (Fsp3) is 0.545. The Labute approximate surface area is 85.1 Å². The lowest BCUT2D eigenvalue weighted by Gasteiger charge is -2.18. The lowest BCUT2D eigenvalue weighted by molar-refractivity contribution is 0.617. The van der Waals surface area contributed by atoms with Crippen LogP contribution in [0.3, 0.4) is 0 Å². The molecule has 0 radical (unpaired) electrons. The minimum Gasteiger partial charge on any atom is -0.370 e. The summed E-state index contributed by atoms with van der Waals surface area (Å²) >= 11 is 0. The van der Waals surface area contributed by atoms with Gasteiger partial charge in [0.1, 0.15) is 0 Å². The van der Waals surface area contributed by atoms with Crippen molar-refractivity contribution in [2.45, 2.75) is 19.4 Å². The first-order valence-electron chi connectivity index (χ1n) is 5.14. The van der Waals surface area contributed by atoms with Crippen molar-refractivity contribution in [3.05, 3.63) is 24.0 Å². The quantitative estimate of drug-likeness (QED) is 0.761. The van der Waals surface area contributed by atoms with Gasteiger partial charge >= 0.3 is 0 Å². The van der Waals surface area contributed by atoms with E-state index in [-0.39, 0.29) is 0 Å². The van der Waals surface area contributed by atoms with E-state index in [1.54, 1.807) is 0 Å². The Balaban J connectivity index is 2.09. The lowest BCUT2D eigenvalue weighted by Crippen LogP contribution is -2.29. The Morgan fingerprint density at radius 2 is 2.43 bits per heavy atom. The van der Waals surface area contributed by atoms with Crippen molar-refractivity contribution < 1.29 is 0 Å². The van der Waals surface area contributed by atoms with Gasteiger partial charge in [0, 0.05) is 36.7 Å². The first-order valence-corrected chi connectivity index (χ1v) is 5.14. The minimum absolute atomic E-state index is 0.642. The molecule has 14 heavy (non-hydrogen) atoms. The van der Waals surface area contributed by atoms with Crippen molar-refractivity contribution in [3.8, 4) is 0 Å². The number of hydrogen-bond donors (Lipinski definition) is 1. The second-order valence-electron chi connectivity index (χ2n) is 3.88. The van der Waals surface area contributed by atoms with E-state index in [1.165, 1.54) is 12.1 Å². The van der Waals surface area contributed by atoms with Crippen LogP contribution in [-0.2, 0) is 0 Å². The second kappa shape index (κ2) is 3.96. The topological polar surface area (TPSA) is 28.2 Å². The number of anilines is 1. The summed E-state index contributed by atoms with van der Waals surface area (Å²) in [7, 11) is 2.03. The van der Waals surface area contributed by atoms with E-state index in [4.69, 9.17) is 0 Å². The van der Waals surface area contributed by atoms with E-state index in [0.717, 1.165) is 18.8 Å². The molecule has 1 aliphatic heterocycles. The van der Waals surface area contributed by atoms with Gasteiger partial charge in [0.05, 0.1) is 0 Å². The number of likely N-dealkylation sites (N-methyl/N-ethyl adjacent to an activating group) is 1. The van der Waals surface area contributed by atoms with Crippen LogP contribution in [0, 0.1) is 6.92 Å². The van der Waals surface area contributed by atoms with Crippen LogP contribution in [0.1, 0.15) is 12.1 Å². The normalized spacial score (nSPS) is 21.6. The van der Waals surface area contributed by atoms with Crippen LogP contribution in [0.15, 0.2) is 18.3 Å². The van der Waals surface area contributed by atoms with Gasteiger partial charge in [0.15, 0.2) is 0 Å². The van der Waals surface area contributed by atoms with Gasteiger partial charge in [0.25, 0.3) is 0 Å². The minimum atomic E-state index is 0.642. The second-order valence-corrected chi connectivity index (χ2v) is 3.88. The number of nitrogens with zero attached hydrogens (tertiary/aromatic N) is 2. The first-order chi connectivity index (χ1) is 6.79. The van der Waals surface area contributed by atoms with Gasteiger partial charge in [-0.3, -0.25) is 4.98 Å². The van der Waals surface area contributed by atoms with Crippen LogP contribution in [0.5, 0.6) is 0 Å². The van der Waals surface area contributed by atoms with E-state index in [2.05, 4.69) is 27.3 Å². The highest BCUT2D eigenvalue weighted by molar-refractivity contribution is 5.47. The van der Waals surface area contributed by atoms with Gasteiger partial charge in [-0.15, -0.1) is 0 Å². The molecular formula is C11H17N3. The van der Waals surface area contributed by atoms with Crippen molar-refractivity contribution in [2.75, 3.05) is 25.0 Å². The summed E-state index contributed by atoms with van der Waals surface area (Å²) in [6, 6.07) is 4.88. The van der Waals surface area contributed by atoms with Crippen LogP contribution in [-0.4, -0.2) is 31.2 Å². The lowest BCUT2D eigenvalue weighted by atomic mass is 10.3. The summed E-state index contributed by atoms with van der Waals surface area (Å²) in [6.07, 6.45) is 3.12. The molecule has 1 aromatic rings. The maximum Gasteiger partial charge on any atom is 0.0400 e. The van der Waals surface area contributed by atoms with E-state index in [9.17, 15) is 0 Å². The summed E-state index contributed by atoms with van der Waals surface area (Å²) in [4.78, 5) is 6.62. The highest BCUT2D eigenvalue weighted by atomic mass is 15.2. The molecule has 0 amide bonds. The summed E-state index contributed by atoms with van der Waals surface area (Å²) in [5, 5.41) is 3.32. The fourth-order valence-electron chi connectivity index (χ4n) is 1.96. The Bertz CT molecular complexity index is 311. The van der Waals surface area contributed by atoms with E-state index in [0.29, 0.717) is 6.04 Å². The molecule has 2 rings (SSSR count). The molecule has 76 valence electrons. The largest absolute Gasteiger partial charge is 0.370 e. The number of pyridine rings is 1. The molecule has 1 atom stereocenters. The Morgan fingerprint density at radius 1 is 1.57 bits per heavy atom. The van der Waals surface area contributed by atoms with Crippen LogP contribution in [0.4, 0.5) is 5.69 Å². The summed E-state index contributed by atoms with van der Waals surface area (Å²) in [5.74, 6) is 0. The zero-order valence-corrected chi connectivity index (χ0v) is 8.83. The average Bonchev–Trinajstić information content (AvgIpc) is 2.66. The monoisotopic (exact) mass is 191 g/mol. The van der Waals surface area contributed by atoms with Gasteiger partial charge in [-0.2, -0.15) is 0 Å². The predicted molar refractivity (Wildman–Crippen MR) is 58.7 cm³/mol. The van der Waals surface area contributed by atoms with Gasteiger partial charge in [-0.05, 0) is 32.5 Å². The van der Waals surface area contributed by atoms with Crippen LogP contribution < -0.4 is 10.2 Å². The highest BCUT2D eigenvalue weighted by Crippen LogP contribution is 2.19. The predicted octanol–water partition coefficient (Wildman–Crippen LogP) is 1.19. The Kier molecular flexibility index (Phi) is 2.68. The summed E-state index contributed by atoms with van der Waals surface area (Å²) in [5.41, 5.74) is 2.39. The number of rotatable bonds is 2. The molecule has 0 bridgehead atoms. The molecule has 1 aliphatic rings. The fourth-order valence-corrected chi connectivity index (χ4v) is 1.96. The molecule has 1 saturated heterocycles. The number of nitrogens with one attached hydrogen (secondary N) is 1. The van der Waals surface area contributed by atoms with Gasteiger partial charge in [-0.1, -0.05) is 0 Å². The average molecular weight is 191 g/mol. The summed E-state index contributed by atoms with van der Waals surface area (Å²) in [6.45, 7) is 4.30. The number of aromatic nitrogens is 1. The van der Waals surface area contributed by atoms with E-state index in [1.807, 2.05) is 20.2 Å². The van der Waals surface area contributed by atoms with Crippen molar-refractivity contribution in [2.24, 2.45) is 0 Å². The van der Waals surface area contributed by atoms with Gasteiger partial charge in [-0.25, -0.2) is 0 Å². The van der Waals surface area contributed by atoms with Crippen LogP contribution >= 0.6 is 0 Å². The third kappa shape index (κ3) is 1.87. The Hall–Kier alpha value is -1.09. The molecule has 0 aliphatic carbocycles. The molecule has 2 heterocycles. The molecular weight excluding hydrogens is 174 g/mol. The molecule has 1 unspecified atom stereocenters. The zero-order chi connectivity index (χ0) is 9.97. The van der Waals surface area contributed by atoms with E-state index >= 15 is 0 Å². The van der Waals surface area contributed by atoms with Crippen molar-refractivity contribution in [1.82, 2.24) is 10.3 Å². The van der Waals surface area contributed by atoms with Gasteiger partial charge in [0.2, 0.25) is 0 Å². The molecule has 1 N–H and O–H groups in total. The SMILES string of the molecule is CNC1CCN(c2ccnc(C)c2)C1. The van der Waals surface area contributed by atoms with Crippen molar-refractivity contribution >= 4 is 5.69 Å². The Morgan fingerprint density at radius 3 is 3.07 bits per heavy atom. The van der Waals surface area contributed by atoms with Crippen molar-refractivity contribution in [3.63, 3.8) is 0 Å². The first kappa shape index (κ1) is 9.46. The molecule has 0 saturated carbocycles. The molecule has 1 aromatic heterocycles. The maximum absolute atomic E-state index is 4.21. The molecule has 0 spiro atoms. The highest BCUT2D eigenvalue weighted by Gasteiger charge is 2.20.